The first-order chi connectivity index (χ1) is 22.1. The molecule has 0 spiro atoms. The van der Waals surface area contributed by atoms with E-state index in [0.717, 1.165) is 54.0 Å². The first kappa shape index (κ1) is 27.9. The summed E-state index contributed by atoms with van der Waals surface area (Å²) in [6.07, 6.45) is 30.8. The number of ether oxygens (including phenoxy) is 2. The largest absolute Gasteiger partial charge is 0.501 e. The van der Waals surface area contributed by atoms with Crippen LogP contribution in [0.3, 0.4) is 0 Å². The molecule has 1 aliphatic heterocycles. The van der Waals surface area contributed by atoms with Gasteiger partial charge in [0.2, 0.25) is 0 Å². The molecule has 45 heavy (non-hydrogen) atoms. The van der Waals surface area contributed by atoms with Crippen LogP contribution in [0.1, 0.15) is 37.7 Å². The molecular formula is C40H38N2O3. The SMILES string of the molecule is COC1=CC(=O)C(=C2CC(C3=CC=C4C=CC5=C6C(=CC=C3C46)CC=C5c3ccccc3OC)NC(C3C=CC=CC3)N2)CC1. The van der Waals surface area contributed by atoms with Gasteiger partial charge in [0.05, 0.1) is 26.1 Å². The fourth-order valence-corrected chi connectivity index (χ4v) is 8.02. The number of benzene rings is 1. The van der Waals surface area contributed by atoms with Crippen molar-refractivity contribution in [1.29, 1.82) is 0 Å². The van der Waals surface area contributed by atoms with Gasteiger partial charge in [0.25, 0.3) is 0 Å². The lowest BCUT2D eigenvalue weighted by Gasteiger charge is -2.44. The van der Waals surface area contributed by atoms with Crippen LogP contribution in [0.15, 0.2) is 148 Å². The van der Waals surface area contributed by atoms with Crippen molar-refractivity contribution in [3.8, 4) is 5.75 Å². The van der Waals surface area contributed by atoms with E-state index >= 15 is 0 Å². The van der Waals surface area contributed by atoms with Crippen LogP contribution in [0, 0.1) is 11.8 Å². The van der Waals surface area contributed by atoms with Gasteiger partial charge in [-0.2, -0.15) is 0 Å². The van der Waals surface area contributed by atoms with E-state index < -0.39 is 0 Å². The fourth-order valence-electron chi connectivity index (χ4n) is 8.02. The van der Waals surface area contributed by atoms with Crippen LogP contribution in [0.2, 0.25) is 0 Å². The molecule has 2 N–H and O–H groups in total. The number of para-hydroxylation sites is 1. The van der Waals surface area contributed by atoms with Crippen LogP contribution in [0.4, 0.5) is 0 Å². The Morgan fingerprint density at radius 1 is 0.933 bits per heavy atom. The molecule has 1 aromatic rings. The van der Waals surface area contributed by atoms with Crippen molar-refractivity contribution in [2.75, 3.05) is 14.2 Å². The lowest BCUT2D eigenvalue weighted by atomic mass is 9.64. The molecule has 0 bridgehead atoms. The van der Waals surface area contributed by atoms with Crippen molar-refractivity contribution in [2.24, 2.45) is 11.8 Å². The number of rotatable bonds is 5. The van der Waals surface area contributed by atoms with Gasteiger partial charge in [-0.15, -0.1) is 0 Å². The minimum atomic E-state index is 0.0189. The number of nitrogens with one attached hydrogen (secondary N) is 2. The standard InChI is InChI=1S/C40H38N2O3/c1-44-27-16-21-33(36(43)22-27)35-23-34(41-40(42-35)26-8-4-3-5-9-26)29-18-13-25-14-19-31-28(30-10-6-7-11-37(30)45-2)17-12-24-15-20-32(29)39(25)38(24)31/h3-8,10-11,13-15,17-20,22,26,34,39-42H,9,12,16,21,23H2,1-2H3. The van der Waals surface area contributed by atoms with Crippen molar-refractivity contribution >= 4 is 11.4 Å². The third kappa shape index (κ3) is 4.77. The van der Waals surface area contributed by atoms with Crippen LogP contribution in [0.5, 0.6) is 5.75 Å². The Balaban J connectivity index is 1.18. The van der Waals surface area contributed by atoms with Crippen LogP contribution in [-0.4, -0.2) is 32.2 Å². The second-order valence-electron chi connectivity index (χ2n) is 12.6. The Morgan fingerprint density at radius 2 is 1.82 bits per heavy atom. The molecule has 1 aromatic carbocycles. The molecule has 8 rings (SSSR count). The molecule has 1 saturated heterocycles. The third-order valence-corrected chi connectivity index (χ3v) is 10.3. The van der Waals surface area contributed by atoms with E-state index in [1.165, 1.54) is 39.0 Å². The summed E-state index contributed by atoms with van der Waals surface area (Å²) in [5, 5.41) is 7.78. The maximum atomic E-state index is 13.3. The smallest absolute Gasteiger partial charge is 0.186 e. The Bertz CT molecular complexity index is 1830. The zero-order chi connectivity index (χ0) is 30.5. The highest BCUT2D eigenvalue weighted by Crippen LogP contribution is 2.53. The van der Waals surface area contributed by atoms with Gasteiger partial charge in [-0.25, -0.2) is 0 Å². The normalized spacial score (nSPS) is 29.9. The molecule has 1 fully saturated rings. The first-order valence-corrected chi connectivity index (χ1v) is 16.1. The minimum absolute atomic E-state index is 0.0189. The van der Waals surface area contributed by atoms with Crippen LogP contribution >= 0.6 is 0 Å². The number of ketones is 1. The molecule has 0 amide bonds. The Labute approximate surface area is 265 Å². The van der Waals surface area contributed by atoms with Crippen molar-refractivity contribution in [3.05, 3.63) is 153 Å². The molecule has 4 atom stereocenters. The predicted molar refractivity (Wildman–Crippen MR) is 179 cm³/mol. The summed E-state index contributed by atoms with van der Waals surface area (Å²) in [5.74, 6) is 2.21. The van der Waals surface area contributed by atoms with Gasteiger partial charge in [-0.05, 0) is 64.3 Å². The molecule has 0 aromatic heterocycles. The predicted octanol–water partition coefficient (Wildman–Crippen LogP) is 7.25. The highest BCUT2D eigenvalue weighted by atomic mass is 16.5. The van der Waals surface area contributed by atoms with Crippen molar-refractivity contribution in [2.45, 2.75) is 44.3 Å². The molecule has 4 unspecified atom stereocenters. The van der Waals surface area contributed by atoms with Crippen LogP contribution < -0.4 is 15.4 Å². The number of hydrogen-bond donors (Lipinski definition) is 2. The maximum Gasteiger partial charge on any atom is 0.186 e. The van der Waals surface area contributed by atoms with E-state index in [1.54, 1.807) is 20.3 Å². The lowest BCUT2D eigenvalue weighted by molar-refractivity contribution is -0.112. The molecule has 0 radical (unpaired) electrons. The molecule has 0 saturated carbocycles. The minimum Gasteiger partial charge on any atom is -0.501 e. The second-order valence-corrected chi connectivity index (χ2v) is 12.6. The van der Waals surface area contributed by atoms with Crippen molar-refractivity contribution < 1.29 is 14.3 Å². The number of hydrogen-bond acceptors (Lipinski definition) is 5. The fraction of sp³-hybridized carbons (Fsp3) is 0.275. The van der Waals surface area contributed by atoms with E-state index in [2.05, 4.69) is 89.6 Å². The van der Waals surface area contributed by atoms with Gasteiger partial charge in [-0.1, -0.05) is 85.0 Å². The van der Waals surface area contributed by atoms with Crippen LogP contribution in [-0.2, 0) is 9.53 Å². The Hall–Kier alpha value is -4.61. The van der Waals surface area contributed by atoms with E-state index in [9.17, 15) is 4.79 Å². The summed E-state index contributed by atoms with van der Waals surface area (Å²) in [4.78, 5) is 13.3. The van der Waals surface area contributed by atoms with E-state index in [4.69, 9.17) is 9.47 Å². The molecule has 6 aliphatic carbocycles. The zero-order valence-electron chi connectivity index (χ0n) is 25.8. The number of carbonyl (C=O) groups is 1. The number of methoxy groups -OCH3 is 2. The van der Waals surface area contributed by atoms with Crippen molar-refractivity contribution in [3.63, 3.8) is 0 Å². The molecule has 1 heterocycles. The highest BCUT2D eigenvalue weighted by molar-refractivity contribution is 6.05. The highest BCUT2D eigenvalue weighted by Gasteiger charge is 2.41. The zero-order valence-corrected chi connectivity index (χ0v) is 25.8. The van der Waals surface area contributed by atoms with E-state index in [-0.39, 0.29) is 29.8 Å². The van der Waals surface area contributed by atoms with Gasteiger partial charge >= 0.3 is 0 Å². The summed E-state index contributed by atoms with van der Waals surface area (Å²) in [6.45, 7) is 0. The molecular weight excluding hydrogens is 556 g/mol. The lowest BCUT2D eigenvalue weighted by Crippen LogP contribution is -2.57. The third-order valence-electron chi connectivity index (χ3n) is 10.3. The van der Waals surface area contributed by atoms with Crippen molar-refractivity contribution in [1.82, 2.24) is 10.6 Å². The van der Waals surface area contributed by atoms with E-state index in [0.29, 0.717) is 6.42 Å². The van der Waals surface area contributed by atoms with Gasteiger partial charge in [0.1, 0.15) is 5.75 Å². The molecule has 226 valence electrons. The number of carbonyl (C=O) groups excluding carboxylic acids is 1. The molecule has 5 heteroatoms. The van der Waals surface area contributed by atoms with E-state index in [1.807, 2.05) is 12.1 Å². The Morgan fingerprint density at radius 3 is 2.64 bits per heavy atom. The topological polar surface area (TPSA) is 59.6 Å². The quantitative estimate of drug-likeness (QED) is 0.352. The second kappa shape index (κ2) is 11.4. The number of allylic oxidation sites excluding steroid dienone is 18. The molecule has 5 nitrogen and oxygen atoms in total. The van der Waals surface area contributed by atoms with Gasteiger partial charge in [0.15, 0.2) is 5.78 Å². The van der Waals surface area contributed by atoms with Gasteiger partial charge < -0.3 is 14.8 Å². The molecule has 7 aliphatic rings. The van der Waals surface area contributed by atoms with Gasteiger partial charge in [-0.3, -0.25) is 10.1 Å². The van der Waals surface area contributed by atoms with Gasteiger partial charge in [0, 0.05) is 53.6 Å². The summed E-state index contributed by atoms with van der Waals surface area (Å²) >= 11 is 0. The summed E-state index contributed by atoms with van der Waals surface area (Å²) in [5.41, 5.74) is 12.4. The summed E-state index contributed by atoms with van der Waals surface area (Å²) < 4.78 is 11.2. The first-order valence-electron chi connectivity index (χ1n) is 16.1. The maximum absolute atomic E-state index is 13.3. The summed E-state index contributed by atoms with van der Waals surface area (Å²) in [6, 6.07) is 8.40. The summed E-state index contributed by atoms with van der Waals surface area (Å²) in [7, 11) is 3.39. The average molecular weight is 595 g/mol. The monoisotopic (exact) mass is 594 g/mol. The van der Waals surface area contributed by atoms with Crippen LogP contribution in [0.25, 0.3) is 5.57 Å². The Kier molecular flexibility index (Phi) is 7.06. The average Bonchev–Trinajstić information content (AvgIpc) is 3.10.